The van der Waals surface area contributed by atoms with E-state index in [0.717, 1.165) is 11.8 Å². The molecule has 0 radical (unpaired) electrons. The predicted molar refractivity (Wildman–Crippen MR) is 50.5 cm³/mol. The van der Waals surface area contributed by atoms with Crippen molar-refractivity contribution in [1.29, 1.82) is 0 Å². The van der Waals surface area contributed by atoms with Gasteiger partial charge in [0.05, 0.1) is 0 Å². The Bertz CT molecular complexity index is 144. The monoisotopic (exact) mass is 152 g/mol. The zero-order chi connectivity index (χ0) is 8.48. The normalized spacial score (nSPS) is 36.6. The second-order valence-electron chi connectivity index (χ2n) is 4.72. The van der Waals surface area contributed by atoms with E-state index in [2.05, 4.69) is 33.4 Å². The molecule has 0 heterocycles. The maximum atomic E-state index is 3.91. The van der Waals surface area contributed by atoms with Crippen molar-refractivity contribution in [2.45, 2.75) is 40.0 Å². The van der Waals surface area contributed by atoms with Gasteiger partial charge in [0.25, 0.3) is 0 Å². The molecule has 1 rings (SSSR count). The SMILES string of the molecule is C=C[C@H]1CC[C@H](C)CC1(C)C. The van der Waals surface area contributed by atoms with Gasteiger partial charge >= 0.3 is 0 Å². The van der Waals surface area contributed by atoms with Gasteiger partial charge in [-0.3, -0.25) is 0 Å². The van der Waals surface area contributed by atoms with Crippen LogP contribution in [0.15, 0.2) is 12.7 Å². The van der Waals surface area contributed by atoms with Crippen LogP contribution in [0.4, 0.5) is 0 Å². The molecule has 0 unspecified atom stereocenters. The first-order valence-corrected chi connectivity index (χ1v) is 4.69. The average molecular weight is 152 g/mol. The summed E-state index contributed by atoms with van der Waals surface area (Å²) in [6, 6.07) is 0. The third-order valence-electron chi connectivity index (χ3n) is 3.13. The molecule has 0 nitrogen and oxygen atoms in total. The quantitative estimate of drug-likeness (QED) is 0.503. The lowest BCUT2D eigenvalue weighted by atomic mass is 9.66. The Morgan fingerprint density at radius 3 is 2.45 bits per heavy atom. The van der Waals surface area contributed by atoms with Crippen LogP contribution in [0.1, 0.15) is 40.0 Å². The van der Waals surface area contributed by atoms with Gasteiger partial charge in [0.2, 0.25) is 0 Å². The smallest absolute Gasteiger partial charge is 0.0185 e. The molecule has 0 spiro atoms. The molecule has 2 atom stereocenters. The minimum absolute atomic E-state index is 0.499. The van der Waals surface area contributed by atoms with Gasteiger partial charge in [-0.15, -0.1) is 6.58 Å². The minimum atomic E-state index is 0.499. The summed E-state index contributed by atoms with van der Waals surface area (Å²) in [6.45, 7) is 11.0. The lowest BCUT2D eigenvalue weighted by Gasteiger charge is -2.40. The number of allylic oxidation sites excluding steroid dienone is 1. The van der Waals surface area contributed by atoms with Crippen LogP contribution in [0.2, 0.25) is 0 Å². The summed E-state index contributed by atoms with van der Waals surface area (Å²) in [5.74, 6) is 1.67. The van der Waals surface area contributed by atoms with Crippen molar-refractivity contribution in [2.24, 2.45) is 17.3 Å². The van der Waals surface area contributed by atoms with E-state index in [9.17, 15) is 0 Å². The van der Waals surface area contributed by atoms with Gasteiger partial charge in [0.15, 0.2) is 0 Å². The minimum Gasteiger partial charge on any atom is -0.103 e. The van der Waals surface area contributed by atoms with Crippen molar-refractivity contribution in [2.75, 3.05) is 0 Å². The lowest BCUT2D eigenvalue weighted by Crippen LogP contribution is -2.29. The molecule has 0 N–H and O–H groups in total. The van der Waals surface area contributed by atoms with E-state index in [1.165, 1.54) is 19.3 Å². The highest BCUT2D eigenvalue weighted by molar-refractivity contribution is 4.94. The van der Waals surface area contributed by atoms with Gasteiger partial charge in [-0.2, -0.15) is 0 Å². The predicted octanol–water partition coefficient (Wildman–Crippen LogP) is 3.63. The van der Waals surface area contributed by atoms with Gasteiger partial charge in [-0.05, 0) is 30.1 Å². The van der Waals surface area contributed by atoms with Crippen molar-refractivity contribution in [3.8, 4) is 0 Å². The van der Waals surface area contributed by atoms with Gasteiger partial charge < -0.3 is 0 Å². The van der Waals surface area contributed by atoms with Crippen molar-refractivity contribution in [1.82, 2.24) is 0 Å². The van der Waals surface area contributed by atoms with Crippen LogP contribution in [0.25, 0.3) is 0 Å². The molecule has 0 aromatic rings. The van der Waals surface area contributed by atoms with E-state index in [1.807, 2.05) is 0 Å². The second-order valence-corrected chi connectivity index (χ2v) is 4.72. The molecule has 1 saturated carbocycles. The molecule has 1 aliphatic rings. The summed E-state index contributed by atoms with van der Waals surface area (Å²) in [5, 5.41) is 0. The van der Waals surface area contributed by atoms with Crippen LogP contribution in [0.3, 0.4) is 0 Å². The fourth-order valence-corrected chi connectivity index (χ4v) is 2.44. The Labute approximate surface area is 70.7 Å². The van der Waals surface area contributed by atoms with Gasteiger partial charge in [-0.25, -0.2) is 0 Å². The summed E-state index contributed by atoms with van der Waals surface area (Å²) >= 11 is 0. The summed E-state index contributed by atoms with van der Waals surface area (Å²) in [5.41, 5.74) is 0.499. The van der Waals surface area contributed by atoms with Crippen molar-refractivity contribution in [3.63, 3.8) is 0 Å². The van der Waals surface area contributed by atoms with E-state index in [1.54, 1.807) is 0 Å². The summed E-state index contributed by atoms with van der Waals surface area (Å²) in [6.07, 6.45) is 6.24. The zero-order valence-corrected chi connectivity index (χ0v) is 8.06. The van der Waals surface area contributed by atoms with Crippen molar-refractivity contribution in [3.05, 3.63) is 12.7 Å². The standard InChI is InChI=1S/C11H20/c1-5-10-7-6-9(2)8-11(10,3)4/h5,9-10H,1,6-8H2,2-4H3/t9-,10-/m0/s1. The lowest BCUT2D eigenvalue weighted by molar-refractivity contribution is 0.135. The molecular formula is C11H20. The van der Waals surface area contributed by atoms with E-state index in [-0.39, 0.29) is 0 Å². The number of hydrogen-bond acceptors (Lipinski definition) is 0. The van der Waals surface area contributed by atoms with Crippen LogP contribution in [-0.4, -0.2) is 0 Å². The zero-order valence-electron chi connectivity index (χ0n) is 8.06. The number of rotatable bonds is 1. The van der Waals surface area contributed by atoms with Crippen molar-refractivity contribution >= 4 is 0 Å². The third kappa shape index (κ3) is 1.85. The molecule has 0 aromatic carbocycles. The van der Waals surface area contributed by atoms with E-state index < -0.39 is 0 Å². The molecule has 0 aromatic heterocycles. The maximum Gasteiger partial charge on any atom is -0.0185 e. The highest BCUT2D eigenvalue weighted by Gasteiger charge is 2.32. The average Bonchev–Trinajstić information content (AvgIpc) is 1.85. The summed E-state index contributed by atoms with van der Waals surface area (Å²) < 4.78 is 0. The maximum absolute atomic E-state index is 3.91. The Hall–Kier alpha value is -0.260. The molecule has 0 aliphatic heterocycles. The van der Waals surface area contributed by atoms with Gasteiger partial charge in [0, 0.05) is 0 Å². The van der Waals surface area contributed by atoms with Crippen LogP contribution >= 0.6 is 0 Å². The van der Waals surface area contributed by atoms with Crippen LogP contribution in [-0.2, 0) is 0 Å². The van der Waals surface area contributed by atoms with Gasteiger partial charge in [0.1, 0.15) is 0 Å². The van der Waals surface area contributed by atoms with Crippen LogP contribution in [0.5, 0.6) is 0 Å². The highest BCUT2D eigenvalue weighted by Crippen LogP contribution is 2.43. The summed E-state index contributed by atoms with van der Waals surface area (Å²) in [7, 11) is 0. The molecule has 0 amide bonds. The molecule has 0 bridgehead atoms. The Balaban J connectivity index is 2.63. The molecular weight excluding hydrogens is 132 g/mol. The van der Waals surface area contributed by atoms with Gasteiger partial charge in [-0.1, -0.05) is 33.3 Å². The first-order chi connectivity index (χ1) is 5.06. The Morgan fingerprint density at radius 1 is 1.36 bits per heavy atom. The fourth-order valence-electron chi connectivity index (χ4n) is 2.44. The Kier molecular flexibility index (Phi) is 2.41. The second kappa shape index (κ2) is 3.00. The first-order valence-electron chi connectivity index (χ1n) is 4.69. The largest absolute Gasteiger partial charge is 0.103 e. The Morgan fingerprint density at radius 2 is 2.00 bits per heavy atom. The molecule has 11 heavy (non-hydrogen) atoms. The van der Waals surface area contributed by atoms with Crippen LogP contribution in [0, 0.1) is 17.3 Å². The molecule has 0 heteroatoms. The van der Waals surface area contributed by atoms with E-state index >= 15 is 0 Å². The van der Waals surface area contributed by atoms with E-state index in [4.69, 9.17) is 0 Å². The number of hydrogen-bond donors (Lipinski definition) is 0. The molecule has 0 saturated heterocycles. The van der Waals surface area contributed by atoms with Crippen LogP contribution < -0.4 is 0 Å². The first kappa shape index (κ1) is 8.83. The molecule has 1 fully saturated rings. The fraction of sp³-hybridized carbons (Fsp3) is 0.818. The topological polar surface area (TPSA) is 0 Å². The third-order valence-corrected chi connectivity index (χ3v) is 3.13. The molecule has 1 aliphatic carbocycles. The van der Waals surface area contributed by atoms with Crippen molar-refractivity contribution < 1.29 is 0 Å². The van der Waals surface area contributed by atoms with E-state index in [0.29, 0.717) is 5.41 Å². The highest BCUT2D eigenvalue weighted by atomic mass is 14.4. The summed E-state index contributed by atoms with van der Waals surface area (Å²) in [4.78, 5) is 0. The molecule has 64 valence electrons.